The Morgan fingerprint density at radius 2 is 0.629 bits per heavy atom. The van der Waals surface area contributed by atoms with Crippen LogP contribution >= 0.6 is 0 Å². The average Bonchev–Trinajstić information content (AvgIpc) is 3.60. The molecule has 0 atom stereocenters. The molecule has 0 spiro atoms. The second kappa shape index (κ2) is 13.6. The molecule has 0 radical (unpaired) electrons. The van der Waals surface area contributed by atoms with E-state index in [2.05, 4.69) is 153 Å². The standard InChI is InChI=1S/C10H18N4.C9H16N4.C5H10N2.CH4/c1-11-3-5-13(9-11)7-8-14-6-4-12(2)10-14;1-10-3-5-12(7-10)9-13-6-4-11(2)8-13;1-6-3-4-7(2)5-6;/h3-6H,7-10H2,1-2H3;3-6H,7-9H2,1-2H3;3-4H,5H2,1-2H3;1H4. The lowest BCUT2D eigenvalue weighted by Crippen LogP contribution is -2.34. The van der Waals surface area contributed by atoms with Gasteiger partial charge in [-0.2, -0.15) is 0 Å². The van der Waals surface area contributed by atoms with Crippen molar-refractivity contribution in [1.82, 2.24) is 49.0 Å². The minimum Gasteiger partial charge on any atom is -0.362 e. The molecule has 0 unspecified atom stereocenters. The third-order valence-corrected chi connectivity index (χ3v) is 5.81. The van der Waals surface area contributed by atoms with Crippen LogP contribution in [-0.2, 0) is 0 Å². The third kappa shape index (κ3) is 9.84. The van der Waals surface area contributed by atoms with Gasteiger partial charge in [-0.15, -0.1) is 0 Å². The van der Waals surface area contributed by atoms with E-state index >= 15 is 0 Å². The highest BCUT2D eigenvalue weighted by atomic mass is 15.4. The molecule has 198 valence electrons. The fourth-order valence-corrected chi connectivity index (χ4v) is 3.99. The summed E-state index contributed by atoms with van der Waals surface area (Å²) in [6, 6.07) is 0. The van der Waals surface area contributed by atoms with Crippen LogP contribution in [0.1, 0.15) is 7.43 Å². The first-order valence-electron chi connectivity index (χ1n) is 11.9. The topological polar surface area (TPSA) is 32.4 Å². The van der Waals surface area contributed by atoms with Crippen LogP contribution < -0.4 is 0 Å². The molecule has 0 aromatic rings. The Bertz CT molecular complexity index is 703. The summed E-state index contributed by atoms with van der Waals surface area (Å²) in [6.07, 6.45) is 21.1. The minimum atomic E-state index is 0. The van der Waals surface area contributed by atoms with Crippen LogP contribution in [0.2, 0.25) is 0 Å². The molecular formula is C25H48N10. The average molecular weight is 489 g/mol. The van der Waals surface area contributed by atoms with Gasteiger partial charge in [-0.25, -0.2) is 0 Å². The molecule has 0 N–H and O–H groups in total. The van der Waals surface area contributed by atoms with Gasteiger partial charge < -0.3 is 49.0 Å². The van der Waals surface area contributed by atoms with Crippen molar-refractivity contribution >= 4 is 0 Å². The van der Waals surface area contributed by atoms with Gasteiger partial charge in [0, 0.05) is 117 Å². The first kappa shape index (κ1) is 27.9. The fraction of sp³-hybridized carbons (Fsp3) is 0.600. The lowest BCUT2D eigenvalue weighted by Gasteiger charge is -2.25. The highest BCUT2D eigenvalue weighted by Crippen LogP contribution is 2.09. The Morgan fingerprint density at radius 3 is 0.857 bits per heavy atom. The van der Waals surface area contributed by atoms with E-state index in [1.807, 2.05) is 0 Å². The van der Waals surface area contributed by atoms with Crippen LogP contribution in [0.25, 0.3) is 0 Å². The quantitative estimate of drug-likeness (QED) is 0.569. The highest BCUT2D eigenvalue weighted by molar-refractivity contribution is 4.94. The molecule has 0 bridgehead atoms. The summed E-state index contributed by atoms with van der Waals surface area (Å²) >= 11 is 0. The lowest BCUT2D eigenvalue weighted by atomic mass is 10.5. The predicted octanol–water partition coefficient (Wildman–Crippen LogP) is 1.56. The van der Waals surface area contributed by atoms with Crippen molar-refractivity contribution in [2.75, 3.05) is 95.4 Å². The molecule has 0 amide bonds. The van der Waals surface area contributed by atoms with Gasteiger partial charge in [0.25, 0.3) is 0 Å². The Balaban J connectivity index is 0.000000192. The van der Waals surface area contributed by atoms with E-state index in [0.29, 0.717) is 0 Å². The maximum Gasteiger partial charge on any atom is 0.0927 e. The summed E-state index contributed by atoms with van der Waals surface area (Å²) in [6.45, 7) is 8.22. The summed E-state index contributed by atoms with van der Waals surface area (Å²) in [7, 11) is 12.5. The molecule has 0 fully saturated rings. The Morgan fingerprint density at radius 1 is 0.371 bits per heavy atom. The molecule has 5 rings (SSSR count). The zero-order chi connectivity index (χ0) is 24.5. The lowest BCUT2D eigenvalue weighted by molar-refractivity contribution is 0.179. The maximum absolute atomic E-state index is 2.33. The molecule has 0 aromatic carbocycles. The molecule has 5 aliphatic rings. The Labute approximate surface area is 214 Å². The molecule has 0 saturated heterocycles. The molecule has 10 heteroatoms. The smallest absolute Gasteiger partial charge is 0.0927 e. The molecule has 35 heavy (non-hydrogen) atoms. The number of hydrogen-bond donors (Lipinski definition) is 0. The molecule has 0 aliphatic carbocycles. The van der Waals surface area contributed by atoms with Gasteiger partial charge in [-0.1, -0.05) is 7.43 Å². The highest BCUT2D eigenvalue weighted by Gasteiger charge is 2.14. The number of hydrogen-bond acceptors (Lipinski definition) is 10. The van der Waals surface area contributed by atoms with Crippen LogP contribution in [0.5, 0.6) is 0 Å². The van der Waals surface area contributed by atoms with E-state index < -0.39 is 0 Å². The van der Waals surface area contributed by atoms with Gasteiger partial charge in [0.05, 0.1) is 40.0 Å². The molecule has 5 heterocycles. The summed E-state index contributed by atoms with van der Waals surface area (Å²) < 4.78 is 0. The van der Waals surface area contributed by atoms with Crippen LogP contribution in [0.15, 0.2) is 62.0 Å². The van der Waals surface area contributed by atoms with Crippen molar-refractivity contribution < 1.29 is 0 Å². The zero-order valence-electron chi connectivity index (χ0n) is 21.9. The Hall–Kier alpha value is -3.30. The first-order valence-corrected chi connectivity index (χ1v) is 11.9. The number of rotatable bonds is 5. The maximum atomic E-state index is 2.33. The summed E-state index contributed by atoms with van der Waals surface area (Å²) in [5.74, 6) is 0. The molecule has 0 saturated carbocycles. The van der Waals surface area contributed by atoms with E-state index in [9.17, 15) is 0 Å². The van der Waals surface area contributed by atoms with Crippen molar-refractivity contribution in [2.24, 2.45) is 0 Å². The van der Waals surface area contributed by atoms with Crippen LogP contribution in [0.4, 0.5) is 0 Å². The Kier molecular flexibility index (Phi) is 10.8. The van der Waals surface area contributed by atoms with Gasteiger partial charge in [0.2, 0.25) is 0 Å². The van der Waals surface area contributed by atoms with Crippen molar-refractivity contribution in [3.05, 3.63) is 62.0 Å². The SMILES string of the molecule is C.CN1C=CN(C)C1.CN1C=CN(CCN2C=CN(C)C2)C1.CN1C=CN(CN2C=CN(C)C2)C1. The van der Waals surface area contributed by atoms with E-state index in [4.69, 9.17) is 0 Å². The number of nitrogens with zero attached hydrogens (tertiary/aromatic N) is 10. The van der Waals surface area contributed by atoms with Crippen molar-refractivity contribution in [1.29, 1.82) is 0 Å². The van der Waals surface area contributed by atoms with Crippen LogP contribution in [0.3, 0.4) is 0 Å². The first-order chi connectivity index (χ1) is 16.3. The van der Waals surface area contributed by atoms with Crippen LogP contribution in [0, 0.1) is 0 Å². The van der Waals surface area contributed by atoms with Gasteiger partial charge >= 0.3 is 0 Å². The van der Waals surface area contributed by atoms with Gasteiger partial charge in [0.1, 0.15) is 0 Å². The molecule has 5 aliphatic heterocycles. The third-order valence-electron chi connectivity index (χ3n) is 5.81. The second-order valence-corrected chi connectivity index (χ2v) is 9.68. The second-order valence-electron chi connectivity index (χ2n) is 9.68. The summed E-state index contributed by atoms with van der Waals surface area (Å²) in [4.78, 5) is 22.2. The summed E-state index contributed by atoms with van der Waals surface area (Å²) in [5.41, 5.74) is 0. The molecular weight excluding hydrogens is 440 g/mol. The molecule has 0 aromatic heterocycles. The van der Waals surface area contributed by atoms with Crippen molar-refractivity contribution in [3.8, 4) is 0 Å². The fourth-order valence-electron chi connectivity index (χ4n) is 3.99. The monoisotopic (exact) mass is 488 g/mol. The largest absolute Gasteiger partial charge is 0.362 e. The van der Waals surface area contributed by atoms with Crippen molar-refractivity contribution in [3.63, 3.8) is 0 Å². The predicted molar refractivity (Wildman–Crippen MR) is 145 cm³/mol. The minimum absolute atomic E-state index is 0. The van der Waals surface area contributed by atoms with Crippen molar-refractivity contribution in [2.45, 2.75) is 7.43 Å². The van der Waals surface area contributed by atoms with Crippen LogP contribution in [-0.4, -0.2) is 144 Å². The van der Waals surface area contributed by atoms with Gasteiger partial charge in [-0.05, 0) is 0 Å². The van der Waals surface area contributed by atoms with E-state index in [1.165, 1.54) is 0 Å². The summed E-state index contributed by atoms with van der Waals surface area (Å²) in [5, 5.41) is 0. The van der Waals surface area contributed by atoms with E-state index in [-0.39, 0.29) is 7.43 Å². The van der Waals surface area contributed by atoms with Gasteiger partial charge in [-0.3, -0.25) is 0 Å². The van der Waals surface area contributed by atoms with Gasteiger partial charge in [0.15, 0.2) is 0 Å². The normalized spacial score (nSPS) is 19.8. The van der Waals surface area contributed by atoms with E-state index in [1.54, 1.807) is 0 Å². The molecule has 10 nitrogen and oxygen atoms in total. The van der Waals surface area contributed by atoms with E-state index in [0.717, 1.165) is 53.1 Å². The zero-order valence-corrected chi connectivity index (χ0v) is 21.9.